The maximum atomic E-state index is 10.7. The summed E-state index contributed by atoms with van der Waals surface area (Å²) in [5, 5.41) is 17.1. The van der Waals surface area contributed by atoms with Crippen LogP contribution in [0.15, 0.2) is 24.3 Å². The Bertz CT molecular complexity index is 629. The Morgan fingerprint density at radius 3 is 2.60 bits per heavy atom. The average molecular weight is 272 g/mol. The van der Waals surface area contributed by atoms with Crippen LogP contribution >= 0.6 is 0 Å². The largest absolute Gasteiger partial charge is 0.481 e. The van der Waals surface area contributed by atoms with E-state index in [0.717, 1.165) is 35.5 Å². The van der Waals surface area contributed by atoms with Crippen LogP contribution in [0.1, 0.15) is 35.7 Å². The summed E-state index contributed by atoms with van der Waals surface area (Å²) < 4.78 is 1.82. The van der Waals surface area contributed by atoms with Gasteiger partial charge in [-0.1, -0.05) is 17.3 Å². The summed E-state index contributed by atoms with van der Waals surface area (Å²) in [6.07, 6.45) is 2.33. The number of hydrogen-bond acceptors (Lipinski definition) is 4. The maximum absolute atomic E-state index is 10.7. The maximum Gasteiger partial charge on any atom is 0.307 e. The molecule has 1 heterocycles. The molecule has 1 aromatic carbocycles. The number of aromatic nitrogens is 3. The molecule has 6 heteroatoms. The van der Waals surface area contributed by atoms with Gasteiger partial charge in [-0.3, -0.25) is 4.79 Å². The predicted molar refractivity (Wildman–Crippen MR) is 72.6 cm³/mol. The van der Waals surface area contributed by atoms with Crippen molar-refractivity contribution in [2.24, 2.45) is 5.73 Å². The molecule has 20 heavy (non-hydrogen) atoms. The van der Waals surface area contributed by atoms with Gasteiger partial charge in [0.1, 0.15) is 5.69 Å². The highest BCUT2D eigenvalue weighted by Gasteiger charge is 2.31. The van der Waals surface area contributed by atoms with E-state index in [2.05, 4.69) is 10.3 Å². The monoisotopic (exact) mass is 272 g/mol. The van der Waals surface area contributed by atoms with Crippen LogP contribution in [0.2, 0.25) is 0 Å². The van der Waals surface area contributed by atoms with Crippen LogP contribution < -0.4 is 5.73 Å². The highest BCUT2D eigenvalue weighted by molar-refractivity contribution is 5.70. The molecule has 0 atom stereocenters. The molecule has 1 aliphatic carbocycles. The number of nitrogens with two attached hydrogens (primary N) is 1. The zero-order valence-electron chi connectivity index (χ0n) is 11.0. The Balaban J connectivity index is 1.92. The highest BCUT2D eigenvalue weighted by atomic mass is 16.4. The van der Waals surface area contributed by atoms with E-state index in [-0.39, 0.29) is 6.42 Å². The van der Waals surface area contributed by atoms with Crippen LogP contribution in [0.3, 0.4) is 0 Å². The first kappa shape index (κ1) is 12.8. The van der Waals surface area contributed by atoms with Gasteiger partial charge < -0.3 is 10.8 Å². The lowest BCUT2D eigenvalue weighted by Crippen LogP contribution is -2.05. The minimum absolute atomic E-state index is 0.0289. The standard InChI is InChI=1S/C14H16N4O2/c15-8-12-14(10-3-4-10)18(17-16-12)11-5-1-9(2-6-11)7-13(19)20/h1-2,5-6,10H,3-4,7-8,15H2,(H,19,20). The van der Waals surface area contributed by atoms with E-state index in [4.69, 9.17) is 10.8 Å². The molecular weight excluding hydrogens is 256 g/mol. The molecule has 1 fully saturated rings. The van der Waals surface area contributed by atoms with Crippen molar-refractivity contribution >= 4 is 5.97 Å². The fourth-order valence-corrected chi connectivity index (χ4v) is 2.35. The van der Waals surface area contributed by atoms with Gasteiger partial charge in [-0.2, -0.15) is 0 Å². The Morgan fingerprint density at radius 1 is 1.35 bits per heavy atom. The third-order valence-electron chi connectivity index (χ3n) is 3.47. The third kappa shape index (κ3) is 2.42. The molecule has 6 nitrogen and oxygen atoms in total. The van der Waals surface area contributed by atoms with Crippen molar-refractivity contribution in [2.75, 3.05) is 0 Å². The lowest BCUT2D eigenvalue weighted by atomic mass is 10.1. The van der Waals surface area contributed by atoms with Gasteiger partial charge in [0.2, 0.25) is 0 Å². The van der Waals surface area contributed by atoms with Crippen molar-refractivity contribution in [3.8, 4) is 5.69 Å². The normalized spacial score (nSPS) is 14.4. The van der Waals surface area contributed by atoms with Gasteiger partial charge in [-0.25, -0.2) is 4.68 Å². The van der Waals surface area contributed by atoms with Gasteiger partial charge in [-0.15, -0.1) is 5.10 Å². The number of aliphatic carboxylic acids is 1. The van der Waals surface area contributed by atoms with Crippen LogP contribution in [0.4, 0.5) is 0 Å². The lowest BCUT2D eigenvalue weighted by molar-refractivity contribution is -0.136. The van der Waals surface area contributed by atoms with Gasteiger partial charge in [-0.05, 0) is 30.5 Å². The third-order valence-corrected chi connectivity index (χ3v) is 3.47. The molecule has 2 aromatic rings. The molecule has 1 aromatic heterocycles. The fourth-order valence-electron chi connectivity index (χ4n) is 2.35. The van der Waals surface area contributed by atoms with Crippen molar-refractivity contribution in [3.63, 3.8) is 0 Å². The number of hydrogen-bond donors (Lipinski definition) is 2. The Kier molecular flexibility index (Phi) is 3.23. The Hall–Kier alpha value is -2.21. The first-order valence-corrected chi connectivity index (χ1v) is 6.64. The second-order valence-corrected chi connectivity index (χ2v) is 5.05. The van der Waals surface area contributed by atoms with Gasteiger partial charge in [0.15, 0.2) is 0 Å². The summed E-state index contributed by atoms with van der Waals surface area (Å²) in [6.45, 7) is 0.392. The fraction of sp³-hybridized carbons (Fsp3) is 0.357. The van der Waals surface area contributed by atoms with Crippen molar-refractivity contribution in [1.29, 1.82) is 0 Å². The number of carboxylic acids is 1. The van der Waals surface area contributed by atoms with Gasteiger partial charge in [0, 0.05) is 12.5 Å². The van der Waals surface area contributed by atoms with Gasteiger partial charge >= 0.3 is 5.97 Å². The lowest BCUT2D eigenvalue weighted by Gasteiger charge is -2.07. The first-order valence-electron chi connectivity index (χ1n) is 6.64. The number of nitrogens with zero attached hydrogens (tertiary/aromatic N) is 3. The van der Waals surface area contributed by atoms with E-state index >= 15 is 0 Å². The summed E-state index contributed by atoms with van der Waals surface area (Å²) in [7, 11) is 0. The smallest absolute Gasteiger partial charge is 0.307 e. The summed E-state index contributed by atoms with van der Waals surface area (Å²) in [5.41, 5.74) is 9.32. The Morgan fingerprint density at radius 2 is 2.05 bits per heavy atom. The van der Waals surface area contributed by atoms with Crippen molar-refractivity contribution in [2.45, 2.75) is 31.7 Å². The van der Waals surface area contributed by atoms with Crippen LogP contribution in [0, 0.1) is 0 Å². The highest BCUT2D eigenvalue weighted by Crippen LogP contribution is 2.41. The SMILES string of the molecule is NCc1nnn(-c2ccc(CC(=O)O)cc2)c1C1CC1. The number of carboxylic acid groups (broad SMARTS) is 1. The molecule has 0 radical (unpaired) electrons. The van der Waals surface area contributed by atoms with Crippen molar-refractivity contribution in [3.05, 3.63) is 41.2 Å². The van der Waals surface area contributed by atoms with Crippen LogP contribution in [0.25, 0.3) is 5.69 Å². The molecule has 0 spiro atoms. The van der Waals surface area contributed by atoms with E-state index < -0.39 is 5.97 Å². The molecule has 3 rings (SSSR count). The quantitative estimate of drug-likeness (QED) is 0.853. The summed E-state index contributed by atoms with van der Waals surface area (Å²) in [6, 6.07) is 7.37. The molecule has 3 N–H and O–H groups in total. The minimum atomic E-state index is -0.831. The molecule has 0 aliphatic heterocycles. The molecule has 0 amide bonds. The van der Waals surface area contributed by atoms with E-state index in [9.17, 15) is 4.79 Å². The number of carbonyl (C=O) groups is 1. The topological polar surface area (TPSA) is 94.0 Å². The molecule has 104 valence electrons. The predicted octanol–water partition coefficient (Wildman–Crippen LogP) is 1.23. The van der Waals surface area contributed by atoms with E-state index in [0.29, 0.717) is 12.5 Å². The van der Waals surface area contributed by atoms with Crippen molar-refractivity contribution in [1.82, 2.24) is 15.0 Å². The second kappa shape index (κ2) is 5.05. The average Bonchev–Trinajstić information content (AvgIpc) is 3.18. The second-order valence-electron chi connectivity index (χ2n) is 5.05. The summed E-state index contributed by atoms with van der Waals surface area (Å²) in [5.74, 6) is -0.329. The number of rotatable bonds is 5. The molecule has 0 saturated heterocycles. The number of benzene rings is 1. The molecule has 0 bridgehead atoms. The van der Waals surface area contributed by atoms with Crippen molar-refractivity contribution < 1.29 is 9.90 Å². The van der Waals surface area contributed by atoms with E-state index in [1.54, 1.807) is 0 Å². The van der Waals surface area contributed by atoms with Crippen LogP contribution in [-0.4, -0.2) is 26.1 Å². The molecular formula is C14H16N4O2. The minimum Gasteiger partial charge on any atom is -0.481 e. The van der Waals surface area contributed by atoms with Gasteiger partial charge in [0.05, 0.1) is 17.8 Å². The molecule has 1 saturated carbocycles. The Labute approximate surface area is 116 Å². The zero-order valence-corrected chi connectivity index (χ0v) is 11.0. The molecule has 0 unspecified atom stereocenters. The van der Waals surface area contributed by atoms with Crippen LogP contribution in [-0.2, 0) is 17.8 Å². The van der Waals surface area contributed by atoms with Crippen LogP contribution in [0.5, 0.6) is 0 Å². The summed E-state index contributed by atoms with van der Waals surface area (Å²) in [4.78, 5) is 10.7. The first-order chi connectivity index (χ1) is 9.69. The summed E-state index contributed by atoms with van der Waals surface area (Å²) >= 11 is 0. The van der Waals surface area contributed by atoms with E-state index in [1.807, 2.05) is 28.9 Å². The van der Waals surface area contributed by atoms with Gasteiger partial charge in [0.25, 0.3) is 0 Å². The zero-order chi connectivity index (χ0) is 14.1. The van der Waals surface area contributed by atoms with E-state index in [1.165, 1.54) is 0 Å². The molecule has 1 aliphatic rings.